The molecule has 0 saturated heterocycles. The van der Waals surface area contributed by atoms with Crippen molar-refractivity contribution in [3.05, 3.63) is 71.0 Å². The van der Waals surface area contributed by atoms with Crippen molar-refractivity contribution in [3.63, 3.8) is 0 Å². The van der Waals surface area contributed by atoms with Gasteiger partial charge in [0.1, 0.15) is 5.82 Å². The smallest absolute Gasteiger partial charge is 0.263 e. The molecule has 1 nitrogen and oxygen atoms in total. The lowest BCUT2D eigenvalue weighted by Crippen LogP contribution is -2.17. The summed E-state index contributed by atoms with van der Waals surface area (Å²) in [6, 6.07) is 12.9. The summed E-state index contributed by atoms with van der Waals surface area (Å²) in [7, 11) is 0. The summed E-state index contributed by atoms with van der Waals surface area (Å²) in [4.78, 5) is 0. The highest BCUT2D eigenvalue weighted by Gasteiger charge is 2.05. The molecule has 0 saturated carbocycles. The lowest BCUT2D eigenvalue weighted by Gasteiger charge is -2.07. The minimum atomic E-state index is -2.43. The van der Waals surface area contributed by atoms with Gasteiger partial charge >= 0.3 is 0 Å². The molecule has 0 aromatic heterocycles. The van der Waals surface area contributed by atoms with Gasteiger partial charge in [0.05, 0.1) is 0 Å². The molecule has 20 heavy (non-hydrogen) atoms. The van der Waals surface area contributed by atoms with E-state index in [9.17, 15) is 13.2 Å². The van der Waals surface area contributed by atoms with Crippen LogP contribution in [0.1, 0.15) is 23.1 Å². The SMILES string of the molecule is Fc1ccccc1CCNCc1ccc(C(F)F)cc1. The van der Waals surface area contributed by atoms with E-state index in [1.165, 1.54) is 18.2 Å². The van der Waals surface area contributed by atoms with Crippen LogP contribution in [0.2, 0.25) is 0 Å². The Morgan fingerprint density at radius 3 is 2.30 bits per heavy atom. The van der Waals surface area contributed by atoms with Crippen LogP contribution < -0.4 is 5.32 Å². The number of benzene rings is 2. The zero-order chi connectivity index (χ0) is 14.4. The van der Waals surface area contributed by atoms with Crippen LogP contribution in [0, 0.1) is 5.82 Å². The second-order valence-corrected chi connectivity index (χ2v) is 4.56. The monoisotopic (exact) mass is 279 g/mol. The average Bonchev–Trinajstić information content (AvgIpc) is 2.46. The molecular formula is C16H16F3N. The molecule has 0 radical (unpaired) electrons. The fraction of sp³-hybridized carbons (Fsp3) is 0.250. The van der Waals surface area contributed by atoms with Crippen LogP contribution in [0.15, 0.2) is 48.5 Å². The van der Waals surface area contributed by atoms with Crippen LogP contribution in [0.5, 0.6) is 0 Å². The highest BCUT2D eigenvalue weighted by atomic mass is 19.3. The first-order valence-electron chi connectivity index (χ1n) is 6.48. The van der Waals surface area contributed by atoms with Crippen LogP contribution >= 0.6 is 0 Å². The van der Waals surface area contributed by atoms with Crippen molar-refractivity contribution in [3.8, 4) is 0 Å². The van der Waals surface area contributed by atoms with E-state index >= 15 is 0 Å². The third kappa shape index (κ3) is 4.10. The third-order valence-electron chi connectivity index (χ3n) is 3.09. The zero-order valence-electron chi connectivity index (χ0n) is 11.0. The molecule has 0 unspecified atom stereocenters. The Balaban J connectivity index is 1.77. The molecule has 0 spiro atoms. The van der Waals surface area contributed by atoms with E-state index in [0.717, 1.165) is 5.56 Å². The van der Waals surface area contributed by atoms with E-state index in [4.69, 9.17) is 0 Å². The topological polar surface area (TPSA) is 12.0 Å². The molecular weight excluding hydrogens is 263 g/mol. The van der Waals surface area contributed by atoms with Crippen LogP contribution in [0.4, 0.5) is 13.2 Å². The van der Waals surface area contributed by atoms with Gasteiger partial charge in [-0.25, -0.2) is 13.2 Å². The molecule has 2 aromatic carbocycles. The molecule has 106 valence electrons. The first-order valence-corrected chi connectivity index (χ1v) is 6.48. The Morgan fingerprint density at radius 2 is 1.65 bits per heavy atom. The molecule has 1 N–H and O–H groups in total. The normalized spacial score (nSPS) is 11.0. The van der Waals surface area contributed by atoms with Crippen molar-refractivity contribution in [1.29, 1.82) is 0 Å². The Labute approximate surface area is 116 Å². The third-order valence-corrected chi connectivity index (χ3v) is 3.09. The van der Waals surface area contributed by atoms with Gasteiger partial charge in [-0.05, 0) is 30.2 Å². The molecule has 2 rings (SSSR count). The largest absolute Gasteiger partial charge is 0.312 e. The summed E-state index contributed by atoms with van der Waals surface area (Å²) < 4.78 is 38.1. The summed E-state index contributed by atoms with van der Waals surface area (Å²) in [5.74, 6) is -0.199. The van der Waals surface area contributed by atoms with E-state index in [1.54, 1.807) is 24.3 Å². The van der Waals surface area contributed by atoms with Gasteiger partial charge in [0.2, 0.25) is 0 Å². The second kappa shape index (κ2) is 7.10. The first kappa shape index (κ1) is 14.6. The van der Waals surface area contributed by atoms with E-state index < -0.39 is 6.43 Å². The molecule has 2 aromatic rings. The number of hydrogen-bond donors (Lipinski definition) is 1. The van der Waals surface area contributed by atoms with E-state index in [1.807, 2.05) is 6.07 Å². The van der Waals surface area contributed by atoms with Gasteiger partial charge in [-0.2, -0.15) is 0 Å². The summed E-state index contributed by atoms with van der Waals surface area (Å²) in [5.41, 5.74) is 1.64. The van der Waals surface area contributed by atoms with Gasteiger partial charge in [-0.3, -0.25) is 0 Å². The van der Waals surface area contributed by atoms with E-state index in [2.05, 4.69) is 5.32 Å². The first-order chi connectivity index (χ1) is 9.66. The van der Waals surface area contributed by atoms with Gasteiger partial charge in [-0.15, -0.1) is 0 Å². The van der Waals surface area contributed by atoms with Crippen LogP contribution in [-0.2, 0) is 13.0 Å². The van der Waals surface area contributed by atoms with E-state index in [0.29, 0.717) is 25.1 Å². The maximum absolute atomic E-state index is 13.4. The lowest BCUT2D eigenvalue weighted by molar-refractivity contribution is 0.151. The number of alkyl halides is 2. The standard InChI is InChI=1S/C16H16F3N/c17-15-4-2-1-3-13(15)9-10-20-11-12-5-7-14(8-6-12)16(18)19/h1-8,16,20H,9-11H2. The molecule has 0 fully saturated rings. The minimum Gasteiger partial charge on any atom is -0.312 e. The number of halogens is 3. The van der Waals surface area contributed by atoms with Gasteiger partial charge in [-0.1, -0.05) is 42.5 Å². The van der Waals surface area contributed by atoms with Crippen molar-refractivity contribution in [2.75, 3.05) is 6.54 Å². The van der Waals surface area contributed by atoms with Crippen molar-refractivity contribution in [1.82, 2.24) is 5.32 Å². The molecule has 0 aliphatic rings. The molecule has 0 bridgehead atoms. The summed E-state index contributed by atoms with van der Waals surface area (Å²) in [6.07, 6.45) is -1.83. The average molecular weight is 279 g/mol. The summed E-state index contributed by atoms with van der Waals surface area (Å²) >= 11 is 0. The second-order valence-electron chi connectivity index (χ2n) is 4.56. The van der Waals surface area contributed by atoms with Crippen LogP contribution in [-0.4, -0.2) is 6.54 Å². The fourth-order valence-corrected chi connectivity index (χ4v) is 1.94. The summed E-state index contributed by atoms with van der Waals surface area (Å²) in [5, 5.41) is 3.17. The van der Waals surface area contributed by atoms with Crippen molar-refractivity contribution < 1.29 is 13.2 Å². The fourth-order valence-electron chi connectivity index (χ4n) is 1.94. The predicted molar refractivity (Wildman–Crippen MR) is 73.2 cm³/mol. The number of hydrogen-bond acceptors (Lipinski definition) is 1. The van der Waals surface area contributed by atoms with Gasteiger partial charge in [0.25, 0.3) is 6.43 Å². The van der Waals surface area contributed by atoms with Gasteiger partial charge in [0.15, 0.2) is 0 Å². The Kier molecular flexibility index (Phi) is 5.18. The van der Waals surface area contributed by atoms with Crippen LogP contribution in [0.3, 0.4) is 0 Å². The molecule has 0 heterocycles. The molecule has 0 amide bonds. The maximum Gasteiger partial charge on any atom is 0.263 e. The zero-order valence-corrected chi connectivity index (χ0v) is 11.0. The molecule has 4 heteroatoms. The predicted octanol–water partition coefficient (Wildman–Crippen LogP) is 4.10. The molecule has 0 aliphatic heterocycles. The Morgan fingerprint density at radius 1 is 0.950 bits per heavy atom. The highest BCUT2D eigenvalue weighted by molar-refractivity contribution is 5.23. The molecule has 0 atom stereocenters. The van der Waals surface area contributed by atoms with Crippen molar-refractivity contribution >= 4 is 0 Å². The number of rotatable bonds is 6. The van der Waals surface area contributed by atoms with Gasteiger partial charge < -0.3 is 5.32 Å². The summed E-state index contributed by atoms with van der Waals surface area (Å²) in [6.45, 7) is 1.22. The van der Waals surface area contributed by atoms with Crippen molar-refractivity contribution in [2.45, 2.75) is 19.4 Å². The highest BCUT2D eigenvalue weighted by Crippen LogP contribution is 2.18. The van der Waals surface area contributed by atoms with Crippen LogP contribution in [0.25, 0.3) is 0 Å². The molecule has 0 aliphatic carbocycles. The lowest BCUT2D eigenvalue weighted by atomic mass is 10.1. The minimum absolute atomic E-state index is 0.0279. The van der Waals surface area contributed by atoms with E-state index in [-0.39, 0.29) is 11.4 Å². The quantitative estimate of drug-likeness (QED) is 0.785. The van der Waals surface area contributed by atoms with Gasteiger partial charge in [0, 0.05) is 12.1 Å². The Bertz CT molecular complexity index is 538. The van der Waals surface area contributed by atoms with Crippen molar-refractivity contribution in [2.24, 2.45) is 0 Å². The Hall–Kier alpha value is -1.81. The number of nitrogens with one attached hydrogen (secondary N) is 1. The maximum atomic E-state index is 13.4.